The Labute approximate surface area is 122 Å². The van der Waals surface area contributed by atoms with E-state index in [0.717, 1.165) is 11.3 Å². The van der Waals surface area contributed by atoms with Crippen molar-refractivity contribution in [3.63, 3.8) is 0 Å². The highest BCUT2D eigenvalue weighted by Gasteiger charge is 2.22. The predicted molar refractivity (Wildman–Crippen MR) is 80.1 cm³/mol. The number of carboxylic acid groups (broad SMARTS) is 1. The smallest absolute Gasteiger partial charge is 0.352 e. The molecule has 0 bridgehead atoms. The molecular weight excluding hydrogens is 268 g/mol. The lowest BCUT2D eigenvalue weighted by atomic mass is 9.98. The van der Waals surface area contributed by atoms with Crippen LogP contribution in [0.15, 0.2) is 29.1 Å². The van der Waals surface area contributed by atoms with Gasteiger partial charge in [-0.15, -0.1) is 0 Å². The molecule has 0 spiro atoms. The Morgan fingerprint density at radius 3 is 2.43 bits per heavy atom. The van der Waals surface area contributed by atoms with Crippen molar-refractivity contribution in [1.82, 2.24) is 9.55 Å². The van der Waals surface area contributed by atoms with Crippen LogP contribution in [-0.4, -0.2) is 20.6 Å². The van der Waals surface area contributed by atoms with Crippen molar-refractivity contribution in [3.05, 3.63) is 57.3 Å². The van der Waals surface area contributed by atoms with Crippen LogP contribution >= 0.6 is 0 Å². The normalized spacial score (nSPS) is 12.2. The first-order chi connectivity index (χ1) is 9.84. The van der Waals surface area contributed by atoms with Crippen LogP contribution in [0.3, 0.4) is 0 Å². The van der Waals surface area contributed by atoms with Crippen LogP contribution in [0.5, 0.6) is 0 Å². The molecule has 110 valence electrons. The first-order valence-electron chi connectivity index (χ1n) is 6.73. The molecule has 0 saturated heterocycles. The fourth-order valence-corrected chi connectivity index (χ4v) is 2.63. The Morgan fingerprint density at radius 2 is 1.86 bits per heavy atom. The van der Waals surface area contributed by atoms with E-state index in [4.69, 9.17) is 0 Å². The van der Waals surface area contributed by atoms with Crippen molar-refractivity contribution >= 4 is 5.97 Å². The van der Waals surface area contributed by atoms with E-state index in [2.05, 4.69) is 4.98 Å². The largest absolute Gasteiger partial charge is 0.481 e. The summed E-state index contributed by atoms with van der Waals surface area (Å²) in [4.78, 5) is 27.6. The number of benzene rings is 1. The van der Waals surface area contributed by atoms with Gasteiger partial charge in [0.25, 0.3) is 0 Å². The predicted octanol–water partition coefficient (Wildman–Crippen LogP) is 2.35. The molecule has 0 fully saturated rings. The average molecular weight is 286 g/mol. The fraction of sp³-hybridized carbons (Fsp3) is 0.312. The zero-order valence-corrected chi connectivity index (χ0v) is 12.5. The number of aryl methyl sites for hydroxylation is 2. The van der Waals surface area contributed by atoms with Crippen LogP contribution in [0.1, 0.15) is 35.4 Å². The average Bonchev–Trinajstić information content (AvgIpc) is 2.40. The van der Waals surface area contributed by atoms with Gasteiger partial charge in [-0.25, -0.2) is 4.79 Å². The summed E-state index contributed by atoms with van der Waals surface area (Å²) in [6.07, 6.45) is 0. The summed E-state index contributed by atoms with van der Waals surface area (Å²) in [5.74, 6) is -1.65. The molecular formula is C16H18N2O3. The Bertz CT molecular complexity index is 763. The van der Waals surface area contributed by atoms with Crippen LogP contribution in [0.4, 0.5) is 0 Å². The standard InChI is InChI=1S/C16H18N2O3/c1-9-7-5-6-8-13(9)18-12(4)14(10(2)15(19)20)11(3)17-16(18)21/h5-8,10H,1-4H3,(H,19,20). The molecule has 0 radical (unpaired) electrons. The number of hydrogen-bond donors (Lipinski definition) is 1. The first-order valence-corrected chi connectivity index (χ1v) is 6.73. The number of carbonyl (C=O) groups is 1. The van der Waals surface area contributed by atoms with Crippen LogP contribution in [0.25, 0.3) is 5.69 Å². The zero-order valence-electron chi connectivity index (χ0n) is 12.5. The molecule has 2 aromatic rings. The van der Waals surface area contributed by atoms with Gasteiger partial charge in [0.15, 0.2) is 0 Å². The lowest BCUT2D eigenvalue weighted by Gasteiger charge is -2.19. The minimum absolute atomic E-state index is 0.388. The lowest BCUT2D eigenvalue weighted by Crippen LogP contribution is -2.28. The summed E-state index contributed by atoms with van der Waals surface area (Å²) in [5, 5.41) is 9.25. The van der Waals surface area contributed by atoms with E-state index in [1.807, 2.05) is 31.2 Å². The van der Waals surface area contributed by atoms with Crippen LogP contribution < -0.4 is 5.69 Å². The number of aliphatic carboxylic acids is 1. The summed E-state index contributed by atoms with van der Waals surface area (Å²) in [5.41, 5.74) is 2.95. The maximum absolute atomic E-state index is 12.3. The zero-order chi connectivity index (χ0) is 15.7. The van der Waals surface area contributed by atoms with E-state index in [0.29, 0.717) is 17.0 Å². The lowest BCUT2D eigenvalue weighted by molar-refractivity contribution is -0.138. The van der Waals surface area contributed by atoms with E-state index in [1.54, 1.807) is 20.8 Å². The van der Waals surface area contributed by atoms with Gasteiger partial charge in [-0.05, 0) is 39.3 Å². The van der Waals surface area contributed by atoms with Crippen molar-refractivity contribution in [2.45, 2.75) is 33.6 Å². The molecule has 0 aliphatic rings. The SMILES string of the molecule is Cc1ccccc1-n1c(C)c(C(C)C(=O)O)c(C)nc1=O. The van der Waals surface area contributed by atoms with Crippen molar-refractivity contribution in [3.8, 4) is 5.69 Å². The summed E-state index contributed by atoms with van der Waals surface area (Å²) >= 11 is 0. The monoisotopic (exact) mass is 286 g/mol. The second-order valence-corrected chi connectivity index (χ2v) is 5.16. The molecule has 5 heteroatoms. The van der Waals surface area contributed by atoms with E-state index in [-0.39, 0.29) is 5.69 Å². The van der Waals surface area contributed by atoms with Crippen molar-refractivity contribution < 1.29 is 9.90 Å². The van der Waals surface area contributed by atoms with Gasteiger partial charge in [0, 0.05) is 17.0 Å². The molecule has 2 rings (SSSR count). The maximum Gasteiger partial charge on any atom is 0.352 e. The van der Waals surface area contributed by atoms with E-state index < -0.39 is 11.9 Å². The van der Waals surface area contributed by atoms with Gasteiger partial charge in [0.05, 0.1) is 11.6 Å². The minimum atomic E-state index is -0.932. The molecule has 0 saturated carbocycles. The molecule has 1 atom stereocenters. The second-order valence-electron chi connectivity index (χ2n) is 5.16. The van der Waals surface area contributed by atoms with Gasteiger partial charge in [-0.3, -0.25) is 9.36 Å². The summed E-state index contributed by atoms with van der Waals surface area (Å²) < 4.78 is 1.48. The van der Waals surface area contributed by atoms with E-state index in [9.17, 15) is 14.7 Å². The molecule has 1 heterocycles. The molecule has 0 amide bonds. The molecule has 1 aromatic heterocycles. The minimum Gasteiger partial charge on any atom is -0.481 e. The third-order valence-electron chi connectivity index (χ3n) is 3.73. The quantitative estimate of drug-likeness (QED) is 0.940. The second kappa shape index (κ2) is 5.52. The number of nitrogens with zero attached hydrogens (tertiary/aromatic N) is 2. The van der Waals surface area contributed by atoms with E-state index in [1.165, 1.54) is 4.57 Å². The number of carboxylic acids is 1. The third-order valence-corrected chi connectivity index (χ3v) is 3.73. The number of para-hydroxylation sites is 1. The highest BCUT2D eigenvalue weighted by Crippen LogP contribution is 2.24. The number of rotatable bonds is 3. The van der Waals surface area contributed by atoms with Crippen molar-refractivity contribution in [2.24, 2.45) is 0 Å². The number of aromatic nitrogens is 2. The van der Waals surface area contributed by atoms with Crippen LogP contribution in [-0.2, 0) is 4.79 Å². The highest BCUT2D eigenvalue weighted by molar-refractivity contribution is 5.76. The molecule has 1 aromatic carbocycles. The summed E-state index contributed by atoms with van der Waals surface area (Å²) in [7, 11) is 0. The van der Waals surface area contributed by atoms with Crippen LogP contribution in [0, 0.1) is 20.8 Å². The van der Waals surface area contributed by atoms with Gasteiger partial charge in [-0.1, -0.05) is 18.2 Å². The first kappa shape index (κ1) is 15.0. The Kier molecular flexibility index (Phi) is 3.93. The molecule has 21 heavy (non-hydrogen) atoms. The van der Waals surface area contributed by atoms with Gasteiger partial charge in [0.1, 0.15) is 0 Å². The number of hydrogen-bond acceptors (Lipinski definition) is 3. The molecule has 0 aliphatic heterocycles. The molecule has 5 nitrogen and oxygen atoms in total. The summed E-state index contributed by atoms with van der Waals surface area (Å²) in [6.45, 7) is 6.94. The Hall–Kier alpha value is -2.43. The van der Waals surface area contributed by atoms with Gasteiger partial charge in [0.2, 0.25) is 0 Å². The highest BCUT2D eigenvalue weighted by atomic mass is 16.4. The topological polar surface area (TPSA) is 72.2 Å². The van der Waals surface area contributed by atoms with Crippen molar-refractivity contribution in [2.75, 3.05) is 0 Å². The molecule has 1 N–H and O–H groups in total. The maximum atomic E-state index is 12.3. The summed E-state index contributed by atoms with van der Waals surface area (Å²) in [6, 6.07) is 7.47. The van der Waals surface area contributed by atoms with Gasteiger partial charge in [-0.2, -0.15) is 4.98 Å². The Morgan fingerprint density at radius 1 is 1.24 bits per heavy atom. The van der Waals surface area contributed by atoms with Crippen LogP contribution in [0.2, 0.25) is 0 Å². The Balaban J connectivity index is 2.80. The van der Waals surface area contributed by atoms with Crippen molar-refractivity contribution in [1.29, 1.82) is 0 Å². The molecule has 0 aliphatic carbocycles. The molecule has 1 unspecified atom stereocenters. The fourth-order valence-electron chi connectivity index (χ4n) is 2.63. The van der Waals surface area contributed by atoms with E-state index >= 15 is 0 Å². The van der Waals surface area contributed by atoms with Gasteiger partial charge < -0.3 is 5.11 Å². The van der Waals surface area contributed by atoms with Gasteiger partial charge >= 0.3 is 11.7 Å². The third kappa shape index (κ3) is 2.59.